The van der Waals surface area contributed by atoms with Crippen LogP contribution in [0, 0.1) is 18.6 Å². The summed E-state index contributed by atoms with van der Waals surface area (Å²) in [5, 5.41) is 8.24. The van der Waals surface area contributed by atoms with Crippen molar-refractivity contribution >= 4 is 23.4 Å². The van der Waals surface area contributed by atoms with Crippen LogP contribution in [0.25, 0.3) is 0 Å². The zero-order chi connectivity index (χ0) is 12.5. The minimum atomic E-state index is -1.42. The number of carbonyl (C=O) groups is 2. The zero-order valence-electron chi connectivity index (χ0n) is 8.18. The quantitative estimate of drug-likeness (QED) is 0.508. The molecular weight excluding hydrogens is 242 g/mol. The van der Waals surface area contributed by atoms with Gasteiger partial charge in [-0.05, 0) is 13.0 Å². The van der Waals surface area contributed by atoms with Gasteiger partial charge in [0.15, 0.2) is 17.4 Å². The standard InChI is InChI=1S/C10H7ClF2O3/c1-4-6(11)2-5(10(13)9(4)12)7(14)3-8(15)16/h2H,3H2,1H3,(H,15,16). The van der Waals surface area contributed by atoms with Gasteiger partial charge in [-0.2, -0.15) is 0 Å². The first-order chi connectivity index (χ1) is 7.34. The van der Waals surface area contributed by atoms with Crippen molar-refractivity contribution in [2.45, 2.75) is 13.3 Å². The summed E-state index contributed by atoms with van der Waals surface area (Å²) in [4.78, 5) is 21.5. The van der Waals surface area contributed by atoms with Gasteiger partial charge in [0.05, 0.1) is 5.56 Å². The number of rotatable bonds is 3. The predicted molar refractivity (Wildman–Crippen MR) is 52.7 cm³/mol. The van der Waals surface area contributed by atoms with Crippen LogP contribution in [-0.2, 0) is 4.79 Å². The van der Waals surface area contributed by atoms with E-state index in [1.54, 1.807) is 0 Å². The highest BCUT2D eigenvalue weighted by Gasteiger charge is 2.21. The van der Waals surface area contributed by atoms with Gasteiger partial charge in [-0.3, -0.25) is 9.59 Å². The molecule has 0 bridgehead atoms. The molecule has 3 nitrogen and oxygen atoms in total. The number of benzene rings is 1. The number of aliphatic carboxylic acids is 1. The molecule has 86 valence electrons. The van der Waals surface area contributed by atoms with Gasteiger partial charge in [0.2, 0.25) is 0 Å². The Bertz CT molecular complexity index is 472. The molecule has 1 N–H and O–H groups in total. The number of hydrogen-bond acceptors (Lipinski definition) is 2. The van der Waals surface area contributed by atoms with Crippen molar-refractivity contribution in [2.75, 3.05) is 0 Å². The topological polar surface area (TPSA) is 54.4 Å². The van der Waals surface area contributed by atoms with Crippen LogP contribution < -0.4 is 0 Å². The monoisotopic (exact) mass is 248 g/mol. The summed E-state index contributed by atoms with van der Waals surface area (Å²) >= 11 is 5.57. The first-order valence-corrected chi connectivity index (χ1v) is 4.61. The average molecular weight is 249 g/mol. The molecule has 0 aliphatic rings. The van der Waals surface area contributed by atoms with Gasteiger partial charge in [0, 0.05) is 10.6 Å². The second kappa shape index (κ2) is 4.57. The van der Waals surface area contributed by atoms with E-state index in [2.05, 4.69) is 0 Å². The molecule has 6 heteroatoms. The van der Waals surface area contributed by atoms with Crippen LogP contribution in [0.15, 0.2) is 6.07 Å². The lowest BCUT2D eigenvalue weighted by molar-refractivity contribution is -0.135. The van der Waals surface area contributed by atoms with Gasteiger partial charge in [-0.1, -0.05) is 11.6 Å². The first-order valence-electron chi connectivity index (χ1n) is 4.23. The van der Waals surface area contributed by atoms with Crippen LogP contribution in [0.1, 0.15) is 22.3 Å². The molecule has 0 fully saturated rings. The summed E-state index contributed by atoms with van der Waals surface area (Å²) < 4.78 is 26.5. The lowest BCUT2D eigenvalue weighted by Gasteiger charge is -2.06. The van der Waals surface area contributed by atoms with E-state index in [0.717, 1.165) is 6.07 Å². The Balaban J connectivity index is 3.25. The van der Waals surface area contributed by atoms with E-state index in [0.29, 0.717) is 0 Å². The molecule has 1 aromatic carbocycles. The summed E-state index contributed by atoms with van der Waals surface area (Å²) in [5.74, 6) is -5.04. The van der Waals surface area contributed by atoms with Crippen LogP contribution in [0.3, 0.4) is 0 Å². The second-order valence-electron chi connectivity index (χ2n) is 3.15. The van der Waals surface area contributed by atoms with E-state index < -0.39 is 35.4 Å². The lowest BCUT2D eigenvalue weighted by atomic mass is 10.0. The van der Waals surface area contributed by atoms with Crippen molar-refractivity contribution in [3.8, 4) is 0 Å². The normalized spacial score (nSPS) is 10.2. The Hall–Kier alpha value is -1.49. The number of ketones is 1. The van der Waals surface area contributed by atoms with Crippen LogP contribution in [0.2, 0.25) is 5.02 Å². The molecule has 0 aromatic heterocycles. The predicted octanol–water partition coefficient (Wildman–Crippen LogP) is 2.58. The summed E-state index contributed by atoms with van der Waals surface area (Å²) in [6.07, 6.45) is -0.907. The summed E-state index contributed by atoms with van der Waals surface area (Å²) in [6.45, 7) is 1.26. The summed E-state index contributed by atoms with van der Waals surface area (Å²) in [7, 11) is 0. The van der Waals surface area contributed by atoms with Crippen molar-refractivity contribution in [2.24, 2.45) is 0 Å². The van der Waals surface area contributed by atoms with E-state index in [9.17, 15) is 18.4 Å². The fourth-order valence-corrected chi connectivity index (χ4v) is 1.31. The highest BCUT2D eigenvalue weighted by molar-refractivity contribution is 6.31. The Morgan fingerprint density at radius 1 is 1.38 bits per heavy atom. The van der Waals surface area contributed by atoms with E-state index in [4.69, 9.17) is 16.7 Å². The SMILES string of the molecule is Cc1c(Cl)cc(C(=O)CC(=O)O)c(F)c1F. The smallest absolute Gasteiger partial charge is 0.311 e. The maximum Gasteiger partial charge on any atom is 0.311 e. The number of hydrogen-bond donors (Lipinski definition) is 1. The number of carboxylic acids is 1. The summed E-state index contributed by atoms with van der Waals surface area (Å²) in [5.41, 5.74) is -0.762. The van der Waals surface area contributed by atoms with Crippen molar-refractivity contribution in [1.29, 1.82) is 0 Å². The fourth-order valence-electron chi connectivity index (χ4n) is 1.12. The molecule has 0 aliphatic carbocycles. The molecule has 1 aromatic rings. The Morgan fingerprint density at radius 2 is 1.94 bits per heavy atom. The van der Waals surface area contributed by atoms with E-state index in [1.165, 1.54) is 6.92 Å². The van der Waals surface area contributed by atoms with Crippen molar-refractivity contribution in [1.82, 2.24) is 0 Å². The third-order valence-electron chi connectivity index (χ3n) is 2.00. The molecule has 16 heavy (non-hydrogen) atoms. The van der Waals surface area contributed by atoms with Crippen LogP contribution in [-0.4, -0.2) is 16.9 Å². The lowest BCUT2D eigenvalue weighted by Crippen LogP contribution is -2.10. The number of carboxylic acid groups (broad SMARTS) is 1. The third kappa shape index (κ3) is 2.36. The molecule has 0 atom stereocenters. The van der Waals surface area contributed by atoms with Crippen molar-refractivity contribution in [3.63, 3.8) is 0 Å². The molecule has 0 unspecified atom stereocenters. The van der Waals surface area contributed by atoms with Gasteiger partial charge in [-0.15, -0.1) is 0 Å². The molecule has 0 radical (unpaired) electrons. The maximum absolute atomic E-state index is 13.3. The van der Waals surface area contributed by atoms with Gasteiger partial charge in [0.25, 0.3) is 0 Å². The Labute approximate surface area is 94.6 Å². The third-order valence-corrected chi connectivity index (χ3v) is 2.39. The van der Waals surface area contributed by atoms with Gasteiger partial charge >= 0.3 is 5.97 Å². The molecule has 0 saturated heterocycles. The number of halogens is 3. The van der Waals surface area contributed by atoms with Gasteiger partial charge in [-0.25, -0.2) is 8.78 Å². The molecule has 1 rings (SSSR count). The molecule has 0 spiro atoms. The zero-order valence-corrected chi connectivity index (χ0v) is 8.94. The van der Waals surface area contributed by atoms with Crippen LogP contribution >= 0.6 is 11.6 Å². The second-order valence-corrected chi connectivity index (χ2v) is 3.56. The van der Waals surface area contributed by atoms with E-state index in [-0.39, 0.29) is 10.6 Å². The van der Waals surface area contributed by atoms with Crippen molar-refractivity contribution in [3.05, 3.63) is 33.9 Å². The van der Waals surface area contributed by atoms with E-state index in [1.807, 2.05) is 0 Å². The highest BCUT2D eigenvalue weighted by atomic mass is 35.5. The molecule has 0 amide bonds. The summed E-state index contributed by atoms with van der Waals surface area (Å²) in [6, 6.07) is 0.931. The molecule has 0 aliphatic heterocycles. The van der Waals surface area contributed by atoms with Crippen molar-refractivity contribution < 1.29 is 23.5 Å². The number of carbonyl (C=O) groups excluding carboxylic acids is 1. The Morgan fingerprint density at radius 3 is 2.44 bits per heavy atom. The molecule has 0 heterocycles. The largest absolute Gasteiger partial charge is 0.481 e. The number of Topliss-reactive ketones (excluding diaryl/α,β-unsaturated/α-hetero) is 1. The van der Waals surface area contributed by atoms with Crippen LogP contribution in [0.5, 0.6) is 0 Å². The first kappa shape index (κ1) is 12.6. The van der Waals surface area contributed by atoms with Crippen LogP contribution in [0.4, 0.5) is 8.78 Å². The average Bonchev–Trinajstić information content (AvgIpc) is 2.19. The fraction of sp³-hybridized carbons (Fsp3) is 0.200. The van der Waals surface area contributed by atoms with Gasteiger partial charge in [0.1, 0.15) is 6.42 Å². The highest BCUT2D eigenvalue weighted by Crippen LogP contribution is 2.24. The molecular formula is C10H7ClF2O3. The molecule has 0 saturated carbocycles. The minimum Gasteiger partial charge on any atom is -0.481 e. The van der Waals surface area contributed by atoms with Gasteiger partial charge < -0.3 is 5.11 Å². The van der Waals surface area contributed by atoms with E-state index >= 15 is 0 Å². The maximum atomic E-state index is 13.3. The Kier molecular flexibility index (Phi) is 3.59. The minimum absolute atomic E-state index is 0.118.